The summed E-state index contributed by atoms with van der Waals surface area (Å²) in [7, 11) is 0. The summed E-state index contributed by atoms with van der Waals surface area (Å²) in [4.78, 5) is 10.4. The molecule has 0 spiro atoms. The fraction of sp³-hybridized carbons (Fsp3) is 0. The molecule has 0 aliphatic heterocycles. The molecule has 0 radical (unpaired) electrons. The van der Waals surface area contributed by atoms with Crippen LogP contribution in [0, 0.1) is 10.1 Å². The number of hydrogen-bond donors (Lipinski definition) is 0. The average Bonchev–Trinajstić information content (AvgIpc) is 2.40. The molecule has 3 nitrogen and oxygen atoms in total. The van der Waals surface area contributed by atoms with Gasteiger partial charge in [-0.2, -0.15) is 0 Å². The van der Waals surface area contributed by atoms with Crippen molar-refractivity contribution in [2.24, 2.45) is 0 Å². The van der Waals surface area contributed by atoms with Crippen molar-refractivity contribution in [3.63, 3.8) is 0 Å². The number of nitro groups is 1. The standard InChI is InChI=1S/C12H8ClNO2/c13-10-6-7-12(14(15)16)11(8-10)9-4-2-1-3-5-9/h1-8H/i6D,7D,8D. The van der Waals surface area contributed by atoms with Crippen LogP contribution >= 0.6 is 11.6 Å². The highest BCUT2D eigenvalue weighted by atomic mass is 35.5. The summed E-state index contributed by atoms with van der Waals surface area (Å²) in [6, 6.07) is 6.89. The predicted octanol–water partition coefficient (Wildman–Crippen LogP) is 3.92. The van der Waals surface area contributed by atoms with Gasteiger partial charge in [0.05, 0.1) is 14.6 Å². The largest absolute Gasteiger partial charge is 0.277 e. The summed E-state index contributed by atoms with van der Waals surface area (Å²) in [5.41, 5.74) is -0.170. The third kappa shape index (κ3) is 2.04. The molecule has 0 aliphatic carbocycles. The zero-order valence-electron chi connectivity index (χ0n) is 11.0. The van der Waals surface area contributed by atoms with E-state index in [1.54, 1.807) is 30.3 Å². The second-order valence-corrected chi connectivity index (χ2v) is 3.41. The first kappa shape index (κ1) is 7.41. The summed E-state index contributed by atoms with van der Waals surface area (Å²) in [5.74, 6) is 0. The fourth-order valence-corrected chi connectivity index (χ4v) is 1.47. The van der Waals surface area contributed by atoms with Gasteiger partial charge < -0.3 is 0 Å². The van der Waals surface area contributed by atoms with E-state index in [1.807, 2.05) is 0 Å². The minimum atomic E-state index is -0.753. The monoisotopic (exact) mass is 236 g/mol. The Morgan fingerprint density at radius 1 is 1.25 bits per heavy atom. The Bertz CT molecular complexity index is 662. The van der Waals surface area contributed by atoms with Crippen molar-refractivity contribution >= 4 is 17.3 Å². The highest BCUT2D eigenvalue weighted by Crippen LogP contribution is 2.31. The molecule has 2 rings (SSSR count). The molecule has 0 unspecified atom stereocenters. The predicted molar refractivity (Wildman–Crippen MR) is 63.5 cm³/mol. The van der Waals surface area contributed by atoms with E-state index in [0.717, 1.165) is 0 Å². The van der Waals surface area contributed by atoms with Crippen molar-refractivity contribution in [2.45, 2.75) is 0 Å². The molecule has 0 atom stereocenters. The normalized spacial score (nSPS) is 12.7. The van der Waals surface area contributed by atoms with Crippen LogP contribution in [0.3, 0.4) is 0 Å². The molecule has 2 aromatic rings. The molecule has 4 heteroatoms. The van der Waals surface area contributed by atoms with Crippen LogP contribution < -0.4 is 0 Å². The first-order valence-electron chi connectivity index (χ1n) is 5.94. The van der Waals surface area contributed by atoms with E-state index in [0.29, 0.717) is 5.56 Å². The SMILES string of the molecule is [2H]c1c([2H])c([N+](=O)[O-])c(-c2ccccc2)c([2H])c1Cl. The number of nitrogens with zero attached hydrogens (tertiary/aromatic N) is 1. The van der Waals surface area contributed by atoms with Crippen LogP contribution in [0.15, 0.2) is 48.5 Å². The van der Waals surface area contributed by atoms with Crippen molar-refractivity contribution in [1.29, 1.82) is 0 Å². The van der Waals surface area contributed by atoms with Crippen LogP contribution in [0.25, 0.3) is 11.1 Å². The summed E-state index contributed by atoms with van der Waals surface area (Å²) >= 11 is 5.80. The van der Waals surface area contributed by atoms with Crippen molar-refractivity contribution in [2.75, 3.05) is 0 Å². The number of nitro benzene ring substituents is 1. The summed E-state index contributed by atoms with van der Waals surface area (Å²) < 4.78 is 23.1. The minimum absolute atomic E-state index is 0.0309. The Hall–Kier alpha value is -1.87. The Kier molecular flexibility index (Phi) is 2.00. The van der Waals surface area contributed by atoms with Crippen molar-refractivity contribution in [1.82, 2.24) is 0 Å². The first-order chi connectivity index (χ1) is 8.95. The molecule has 0 heterocycles. The van der Waals surface area contributed by atoms with E-state index >= 15 is 0 Å². The van der Waals surface area contributed by atoms with E-state index in [1.165, 1.54) is 0 Å². The molecular weight excluding hydrogens is 226 g/mol. The van der Waals surface area contributed by atoms with Gasteiger partial charge in [-0.15, -0.1) is 0 Å². The van der Waals surface area contributed by atoms with E-state index in [9.17, 15) is 10.1 Å². The molecule has 2 aromatic carbocycles. The Morgan fingerprint density at radius 3 is 2.56 bits per heavy atom. The van der Waals surface area contributed by atoms with Crippen LogP contribution in [-0.4, -0.2) is 4.92 Å². The lowest BCUT2D eigenvalue weighted by Crippen LogP contribution is -1.91. The van der Waals surface area contributed by atoms with Crippen LogP contribution in [-0.2, 0) is 0 Å². The van der Waals surface area contributed by atoms with Gasteiger partial charge in [-0.05, 0) is 17.6 Å². The van der Waals surface area contributed by atoms with Crippen LogP contribution in [0.1, 0.15) is 4.11 Å². The second kappa shape index (κ2) is 4.33. The summed E-state index contributed by atoms with van der Waals surface area (Å²) in [6.07, 6.45) is 0. The van der Waals surface area contributed by atoms with E-state index in [4.69, 9.17) is 15.7 Å². The molecule has 0 N–H and O–H groups in total. The number of halogens is 1. The number of benzene rings is 2. The maximum Gasteiger partial charge on any atom is 0.277 e. The third-order valence-electron chi connectivity index (χ3n) is 2.01. The lowest BCUT2D eigenvalue weighted by atomic mass is 10.0. The van der Waals surface area contributed by atoms with E-state index in [2.05, 4.69) is 0 Å². The molecule has 80 valence electrons. The van der Waals surface area contributed by atoms with Gasteiger partial charge in [0.1, 0.15) is 0 Å². The molecule has 0 amide bonds. The van der Waals surface area contributed by atoms with Gasteiger partial charge in [-0.3, -0.25) is 10.1 Å². The van der Waals surface area contributed by atoms with Gasteiger partial charge in [-0.1, -0.05) is 41.9 Å². The van der Waals surface area contributed by atoms with Gasteiger partial charge in [0.25, 0.3) is 5.69 Å². The van der Waals surface area contributed by atoms with Crippen LogP contribution in [0.2, 0.25) is 5.02 Å². The first-order valence-corrected chi connectivity index (χ1v) is 4.82. The Labute approximate surface area is 102 Å². The Morgan fingerprint density at radius 2 is 1.94 bits per heavy atom. The van der Waals surface area contributed by atoms with Crippen molar-refractivity contribution in [3.05, 3.63) is 63.6 Å². The maximum absolute atomic E-state index is 11.1. The van der Waals surface area contributed by atoms with E-state index < -0.39 is 22.7 Å². The molecule has 0 saturated carbocycles. The molecule has 0 fully saturated rings. The van der Waals surface area contributed by atoms with Gasteiger partial charge in [-0.25, -0.2) is 0 Å². The summed E-state index contributed by atoms with van der Waals surface area (Å²) in [5, 5.41) is 10.9. The zero-order valence-corrected chi connectivity index (χ0v) is 8.78. The van der Waals surface area contributed by atoms with Crippen LogP contribution in [0.5, 0.6) is 0 Å². The van der Waals surface area contributed by atoms with Crippen molar-refractivity contribution < 1.29 is 9.04 Å². The zero-order chi connectivity index (χ0) is 14.2. The molecule has 0 aliphatic rings. The molecule has 0 saturated heterocycles. The number of hydrogen-bond acceptors (Lipinski definition) is 2. The smallest absolute Gasteiger partial charge is 0.258 e. The van der Waals surface area contributed by atoms with E-state index in [-0.39, 0.29) is 16.6 Å². The van der Waals surface area contributed by atoms with Gasteiger partial charge in [0, 0.05) is 11.1 Å². The topological polar surface area (TPSA) is 43.1 Å². The molecule has 0 bridgehead atoms. The quantitative estimate of drug-likeness (QED) is 0.586. The molecule has 0 aromatic heterocycles. The Balaban J connectivity index is 2.90. The molecular formula is C12H8ClNO2. The summed E-state index contributed by atoms with van der Waals surface area (Å²) in [6.45, 7) is 0. The van der Waals surface area contributed by atoms with Gasteiger partial charge in [0.2, 0.25) is 0 Å². The lowest BCUT2D eigenvalue weighted by Gasteiger charge is -2.03. The maximum atomic E-state index is 11.1. The molecule has 16 heavy (non-hydrogen) atoms. The van der Waals surface area contributed by atoms with Gasteiger partial charge >= 0.3 is 0 Å². The average molecular weight is 237 g/mol. The number of rotatable bonds is 2. The fourth-order valence-electron chi connectivity index (χ4n) is 1.33. The van der Waals surface area contributed by atoms with Gasteiger partial charge in [0.15, 0.2) is 0 Å². The third-order valence-corrected chi connectivity index (χ3v) is 2.20. The minimum Gasteiger partial charge on any atom is -0.258 e. The second-order valence-electron chi connectivity index (χ2n) is 3.04. The van der Waals surface area contributed by atoms with Crippen molar-refractivity contribution in [3.8, 4) is 11.1 Å². The lowest BCUT2D eigenvalue weighted by molar-refractivity contribution is -0.384. The highest BCUT2D eigenvalue weighted by molar-refractivity contribution is 6.31. The highest BCUT2D eigenvalue weighted by Gasteiger charge is 2.14. The van der Waals surface area contributed by atoms with Crippen LogP contribution in [0.4, 0.5) is 5.69 Å².